The van der Waals surface area contributed by atoms with E-state index in [0.29, 0.717) is 6.04 Å². The van der Waals surface area contributed by atoms with Gasteiger partial charge in [-0.15, -0.1) is 0 Å². The predicted molar refractivity (Wildman–Crippen MR) is 122 cm³/mol. The third kappa shape index (κ3) is 2.46. The molecule has 0 spiro atoms. The van der Waals surface area contributed by atoms with Crippen LogP contribution >= 0.6 is 0 Å². The zero-order valence-corrected chi connectivity index (χ0v) is 17.0. The lowest BCUT2D eigenvalue weighted by molar-refractivity contribution is 0.791. The molecule has 0 unspecified atom stereocenters. The van der Waals surface area contributed by atoms with E-state index in [4.69, 9.17) is 0 Å². The van der Waals surface area contributed by atoms with Crippen LogP contribution in [-0.4, -0.2) is 6.04 Å². The highest BCUT2D eigenvalue weighted by molar-refractivity contribution is 6.18. The summed E-state index contributed by atoms with van der Waals surface area (Å²) in [7, 11) is 0. The molecule has 4 aromatic carbocycles. The zero-order chi connectivity index (χ0) is 19.4. The summed E-state index contributed by atoms with van der Waals surface area (Å²) < 4.78 is 0. The van der Waals surface area contributed by atoms with E-state index < -0.39 is 0 Å². The Morgan fingerprint density at radius 2 is 1.25 bits per heavy atom. The average molecular weight is 364 g/mol. The Kier molecular flexibility index (Phi) is 3.80. The van der Waals surface area contributed by atoms with Crippen LogP contribution in [0.25, 0.3) is 33.0 Å². The summed E-state index contributed by atoms with van der Waals surface area (Å²) in [6.45, 7) is 8.91. The van der Waals surface area contributed by atoms with Crippen LogP contribution in [0.2, 0.25) is 0 Å². The highest BCUT2D eigenvalue weighted by Crippen LogP contribution is 2.50. The Balaban J connectivity index is 1.79. The van der Waals surface area contributed by atoms with Crippen molar-refractivity contribution in [1.82, 2.24) is 0 Å². The van der Waals surface area contributed by atoms with Gasteiger partial charge in [0.1, 0.15) is 0 Å². The first kappa shape index (κ1) is 17.1. The molecular formula is C27H25N. The summed E-state index contributed by atoms with van der Waals surface area (Å²) >= 11 is 0. The van der Waals surface area contributed by atoms with Gasteiger partial charge in [-0.05, 0) is 84.7 Å². The van der Waals surface area contributed by atoms with Gasteiger partial charge in [0.25, 0.3) is 0 Å². The lowest BCUT2D eigenvalue weighted by Gasteiger charge is -2.31. The fourth-order valence-corrected chi connectivity index (χ4v) is 4.81. The molecule has 5 rings (SSSR count). The lowest BCUT2D eigenvalue weighted by Crippen LogP contribution is -2.25. The molecule has 1 nitrogen and oxygen atoms in total. The number of hydrogen-bond donors (Lipinski definition) is 0. The molecule has 138 valence electrons. The van der Waals surface area contributed by atoms with Crippen molar-refractivity contribution in [3.05, 3.63) is 83.9 Å². The summed E-state index contributed by atoms with van der Waals surface area (Å²) in [6.07, 6.45) is 0. The van der Waals surface area contributed by atoms with Crippen LogP contribution < -0.4 is 4.90 Å². The van der Waals surface area contributed by atoms with E-state index in [0.717, 1.165) is 0 Å². The molecule has 4 aromatic rings. The van der Waals surface area contributed by atoms with E-state index in [1.807, 2.05) is 0 Å². The van der Waals surface area contributed by atoms with Crippen molar-refractivity contribution in [2.24, 2.45) is 0 Å². The molecule has 0 radical (unpaired) electrons. The molecule has 28 heavy (non-hydrogen) atoms. The van der Waals surface area contributed by atoms with Crippen molar-refractivity contribution in [2.75, 3.05) is 4.90 Å². The number of rotatable bonds is 3. The quantitative estimate of drug-likeness (QED) is 0.318. The molecule has 0 heterocycles. The van der Waals surface area contributed by atoms with Gasteiger partial charge in [0.05, 0.1) is 0 Å². The van der Waals surface area contributed by atoms with Gasteiger partial charge >= 0.3 is 0 Å². The SMILES string of the molecule is Cc1cc(C)cc(N(c2ccc3c4c(cccc24)-c2ccccc2-3)C(C)C)c1. The molecule has 1 aliphatic carbocycles. The Bertz CT molecular complexity index is 1170. The van der Waals surface area contributed by atoms with Crippen LogP contribution in [0.1, 0.15) is 25.0 Å². The number of benzene rings is 4. The van der Waals surface area contributed by atoms with Crippen LogP contribution in [0, 0.1) is 13.8 Å². The maximum Gasteiger partial charge on any atom is 0.0493 e. The maximum atomic E-state index is 2.48. The number of aryl methyl sites for hydroxylation is 2. The number of hydrogen-bond acceptors (Lipinski definition) is 1. The van der Waals surface area contributed by atoms with Crippen molar-refractivity contribution in [3.8, 4) is 22.3 Å². The molecule has 1 heteroatoms. The smallest absolute Gasteiger partial charge is 0.0493 e. The van der Waals surface area contributed by atoms with Crippen LogP contribution in [0.5, 0.6) is 0 Å². The van der Waals surface area contributed by atoms with E-state index >= 15 is 0 Å². The first-order valence-electron chi connectivity index (χ1n) is 10.1. The summed E-state index contributed by atoms with van der Waals surface area (Å²) in [6, 6.07) is 27.3. The topological polar surface area (TPSA) is 3.24 Å². The second-order valence-electron chi connectivity index (χ2n) is 8.22. The summed E-state index contributed by atoms with van der Waals surface area (Å²) in [5.74, 6) is 0. The molecule has 0 bridgehead atoms. The number of anilines is 2. The fourth-order valence-electron chi connectivity index (χ4n) is 4.81. The van der Waals surface area contributed by atoms with E-state index in [1.165, 1.54) is 55.5 Å². The highest BCUT2D eigenvalue weighted by atomic mass is 15.2. The normalized spacial score (nSPS) is 11.9. The van der Waals surface area contributed by atoms with E-state index in [9.17, 15) is 0 Å². The molecule has 0 saturated carbocycles. The third-order valence-corrected chi connectivity index (χ3v) is 5.79. The fraction of sp³-hybridized carbons (Fsp3) is 0.185. The van der Waals surface area contributed by atoms with Crippen molar-refractivity contribution >= 4 is 22.1 Å². The molecule has 0 fully saturated rings. The highest BCUT2D eigenvalue weighted by Gasteiger charge is 2.24. The van der Waals surface area contributed by atoms with E-state index in [2.05, 4.69) is 105 Å². The van der Waals surface area contributed by atoms with Crippen LogP contribution in [0.3, 0.4) is 0 Å². The van der Waals surface area contributed by atoms with E-state index in [1.54, 1.807) is 0 Å². The molecule has 0 aromatic heterocycles. The molecule has 0 amide bonds. The Morgan fingerprint density at radius 3 is 1.89 bits per heavy atom. The van der Waals surface area contributed by atoms with Crippen LogP contribution in [0.4, 0.5) is 11.4 Å². The summed E-state index contributed by atoms with van der Waals surface area (Å²) in [5, 5.41) is 2.72. The zero-order valence-electron chi connectivity index (χ0n) is 17.0. The van der Waals surface area contributed by atoms with Crippen molar-refractivity contribution in [1.29, 1.82) is 0 Å². The third-order valence-electron chi connectivity index (χ3n) is 5.79. The van der Waals surface area contributed by atoms with Gasteiger partial charge in [-0.25, -0.2) is 0 Å². The second-order valence-corrected chi connectivity index (χ2v) is 8.22. The number of fused-ring (bicyclic) bond motifs is 3. The van der Waals surface area contributed by atoms with Gasteiger partial charge < -0.3 is 4.90 Å². The number of nitrogens with zero attached hydrogens (tertiary/aromatic N) is 1. The largest absolute Gasteiger partial charge is 0.338 e. The maximum absolute atomic E-state index is 2.48. The average Bonchev–Trinajstić information content (AvgIpc) is 2.99. The minimum Gasteiger partial charge on any atom is -0.338 e. The first-order valence-corrected chi connectivity index (χ1v) is 10.1. The van der Waals surface area contributed by atoms with Gasteiger partial charge in [-0.3, -0.25) is 0 Å². The first-order chi connectivity index (χ1) is 13.5. The molecule has 1 aliphatic rings. The molecule has 0 atom stereocenters. The molecule has 0 N–H and O–H groups in total. The van der Waals surface area contributed by atoms with Crippen molar-refractivity contribution in [3.63, 3.8) is 0 Å². The van der Waals surface area contributed by atoms with Gasteiger partial charge in [0.15, 0.2) is 0 Å². The predicted octanol–water partition coefficient (Wildman–Crippen LogP) is 7.65. The van der Waals surface area contributed by atoms with Crippen LogP contribution in [0.15, 0.2) is 72.8 Å². The monoisotopic (exact) mass is 363 g/mol. The second kappa shape index (κ2) is 6.24. The Morgan fingerprint density at radius 1 is 0.643 bits per heavy atom. The molecule has 0 aliphatic heterocycles. The van der Waals surface area contributed by atoms with Gasteiger partial charge in [-0.2, -0.15) is 0 Å². The van der Waals surface area contributed by atoms with E-state index in [-0.39, 0.29) is 0 Å². The summed E-state index contributed by atoms with van der Waals surface area (Å²) in [4.78, 5) is 2.48. The van der Waals surface area contributed by atoms with Crippen LogP contribution in [-0.2, 0) is 0 Å². The Hall–Kier alpha value is -3.06. The molecule has 0 saturated heterocycles. The van der Waals surface area contributed by atoms with Crippen molar-refractivity contribution < 1.29 is 0 Å². The lowest BCUT2D eigenvalue weighted by atomic mass is 9.99. The molecular weight excluding hydrogens is 338 g/mol. The van der Waals surface area contributed by atoms with Gasteiger partial charge in [0.2, 0.25) is 0 Å². The summed E-state index contributed by atoms with van der Waals surface area (Å²) in [5.41, 5.74) is 10.6. The standard InChI is InChI=1S/C27H25N/c1-17(2)28(20-15-18(3)14-19(4)16-20)26-13-12-24-22-9-6-5-8-21(22)23-10-7-11-25(26)27(23)24/h5-17H,1-4H3. The minimum absolute atomic E-state index is 0.363. The minimum atomic E-state index is 0.363. The van der Waals surface area contributed by atoms with Gasteiger partial charge in [-0.1, -0.05) is 54.6 Å². The Labute approximate surface area is 167 Å². The van der Waals surface area contributed by atoms with Gasteiger partial charge in [0, 0.05) is 22.8 Å². The van der Waals surface area contributed by atoms with Crippen molar-refractivity contribution in [2.45, 2.75) is 33.7 Å².